The van der Waals surface area contributed by atoms with Crippen LogP contribution in [0.25, 0.3) is 22.2 Å². The average molecular weight is 700 g/mol. The molecular formula is C34H40ClF2N7O5. The van der Waals surface area contributed by atoms with E-state index in [-0.39, 0.29) is 63.5 Å². The van der Waals surface area contributed by atoms with E-state index in [9.17, 15) is 9.18 Å². The maximum atomic E-state index is 16.7. The monoisotopic (exact) mass is 699 g/mol. The van der Waals surface area contributed by atoms with Crippen LogP contribution in [0.2, 0.25) is 5.15 Å². The lowest BCUT2D eigenvalue weighted by atomic mass is 9.98. The van der Waals surface area contributed by atoms with Gasteiger partial charge in [-0.25, -0.2) is 23.5 Å². The summed E-state index contributed by atoms with van der Waals surface area (Å²) in [5.74, 6) is -1.05. The largest absolute Gasteiger partial charge is 0.472 e. The number of fused-ring (bicyclic) bond motifs is 5. The van der Waals surface area contributed by atoms with Gasteiger partial charge in [0.15, 0.2) is 16.8 Å². The van der Waals surface area contributed by atoms with Crippen molar-refractivity contribution >= 4 is 34.4 Å². The molecule has 3 aromatic rings. The first-order valence-corrected chi connectivity index (χ1v) is 17.4. The average Bonchev–Trinajstić information content (AvgIpc) is 3.77. The number of morpholine rings is 1. The van der Waals surface area contributed by atoms with Crippen LogP contribution in [0.15, 0.2) is 12.3 Å². The van der Waals surface area contributed by atoms with Gasteiger partial charge in [-0.15, -0.1) is 0 Å². The molecule has 7 heterocycles. The van der Waals surface area contributed by atoms with Crippen LogP contribution in [0, 0.1) is 17.0 Å². The summed E-state index contributed by atoms with van der Waals surface area (Å²) in [6.45, 7) is 12.3. The second-order valence-electron chi connectivity index (χ2n) is 15.0. The normalized spacial score (nSPS) is 25.9. The molecule has 0 unspecified atom stereocenters. The smallest absolute Gasteiger partial charge is 0.410 e. The molecule has 4 aliphatic heterocycles. The summed E-state index contributed by atoms with van der Waals surface area (Å²) in [4.78, 5) is 37.8. The first kappa shape index (κ1) is 32.6. The number of carbonyl (C=O) groups is 1. The number of halogens is 3. The molecule has 12 nitrogen and oxygen atoms in total. The highest BCUT2D eigenvalue weighted by Crippen LogP contribution is 2.48. The maximum Gasteiger partial charge on any atom is 0.410 e. The third-order valence-electron chi connectivity index (χ3n) is 10.3. The highest BCUT2D eigenvalue weighted by molar-refractivity contribution is 6.29. The number of nitrogens with zero attached hydrogens (tertiary/aromatic N) is 7. The van der Waals surface area contributed by atoms with Crippen LogP contribution in [0.5, 0.6) is 11.9 Å². The second kappa shape index (κ2) is 12.0. The molecule has 1 aliphatic carbocycles. The van der Waals surface area contributed by atoms with E-state index < -0.39 is 23.3 Å². The van der Waals surface area contributed by atoms with E-state index >= 15 is 4.39 Å². The molecular weight excluding hydrogens is 660 g/mol. The topological polar surface area (TPSA) is 115 Å². The minimum absolute atomic E-state index is 0.0355. The van der Waals surface area contributed by atoms with E-state index in [0.29, 0.717) is 37.6 Å². The van der Waals surface area contributed by atoms with Crippen LogP contribution in [0.4, 0.5) is 19.4 Å². The van der Waals surface area contributed by atoms with Gasteiger partial charge in [-0.1, -0.05) is 11.6 Å². The van der Waals surface area contributed by atoms with Crippen LogP contribution in [0.3, 0.4) is 0 Å². The van der Waals surface area contributed by atoms with Gasteiger partial charge in [0, 0.05) is 43.4 Å². The van der Waals surface area contributed by atoms with Crippen LogP contribution in [-0.4, -0.2) is 112 Å². The predicted molar refractivity (Wildman–Crippen MR) is 176 cm³/mol. The number of carbonyl (C=O) groups excluding carboxylic acids is 1. The number of hydrogen-bond donors (Lipinski definition) is 0. The van der Waals surface area contributed by atoms with Crippen LogP contribution >= 0.6 is 11.6 Å². The fourth-order valence-corrected chi connectivity index (χ4v) is 7.90. The third-order valence-corrected chi connectivity index (χ3v) is 10.6. The molecule has 4 fully saturated rings. The summed E-state index contributed by atoms with van der Waals surface area (Å²) in [5, 5.41) is -0.0364. The van der Waals surface area contributed by atoms with Gasteiger partial charge >= 0.3 is 12.1 Å². The van der Waals surface area contributed by atoms with Crippen molar-refractivity contribution in [2.24, 2.45) is 5.41 Å². The molecule has 5 aliphatic rings. The Labute approximate surface area is 288 Å². The molecule has 2 bridgehead atoms. The van der Waals surface area contributed by atoms with Crippen molar-refractivity contribution < 1.29 is 32.5 Å². The van der Waals surface area contributed by atoms with E-state index in [0.717, 1.165) is 51.4 Å². The highest BCUT2D eigenvalue weighted by atomic mass is 35.5. The quantitative estimate of drug-likeness (QED) is 0.315. The fourth-order valence-electron chi connectivity index (χ4n) is 7.80. The van der Waals surface area contributed by atoms with E-state index in [1.54, 1.807) is 0 Å². The lowest BCUT2D eigenvalue weighted by Gasteiger charge is -2.48. The molecule has 3 saturated heterocycles. The summed E-state index contributed by atoms with van der Waals surface area (Å²) in [6.07, 6.45) is 3.91. The Morgan fingerprint density at radius 3 is 2.63 bits per heavy atom. The van der Waals surface area contributed by atoms with Gasteiger partial charge < -0.3 is 23.8 Å². The molecule has 1 saturated carbocycles. The van der Waals surface area contributed by atoms with Crippen molar-refractivity contribution in [3.05, 3.63) is 29.1 Å². The second-order valence-corrected chi connectivity index (χ2v) is 15.3. The van der Waals surface area contributed by atoms with Gasteiger partial charge in [0.25, 0.3) is 0 Å². The molecule has 0 radical (unpaired) electrons. The number of pyridine rings is 2. The van der Waals surface area contributed by atoms with Crippen molar-refractivity contribution in [1.82, 2.24) is 29.7 Å². The van der Waals surface area contributed by atoms with Gasteiger partial charge in [-0.2, -0.15) is 9.97 Å². The molecule has 8 rings (SSSR count). The Balaban J connectivity index is 1.21. The Hall–Kier alpha value is -3.62. The van der Waals surface area contributed by atoms with E-state index in [1.165, 1.54) is 6.20 Å². The van der Waals surface area contributed by atoms with E-state index in [2.05, 4.69) is 24.8 Å². The zero-order valence-corrected chi connectivity index (χ0v) is 28.8. The Morgan fingerprint density at radius 1 is 1.14 bits per heavy atom. The maximum absolute atomic E-state index is 16.7. The standard InChI is InChI=1S/C34H40ClF2N7O5/c1-18-27-22-6-5-20(44(22)32(45)49-33(2,3)4)15-43(27)29-23-26(24(37)25(39-30(23)48-18)19-13-21(36)28(35)38-14-19)40-31(41-29)47-17-34(7-8-34)16-42-9-11-46-12-10-42/h13-14,18,20,22,27H,5-12,15-17H2,1-4H3/t18-,20+,22-,27+/m0/s1. The summed E-state index contributed by atoms with van der Waals surface area (Å²) in [6, 6.07) is 0.358. The summed E-state index contributed by atoms with van der Waals surface area (Å²) in [5.41, 5.74) is -0.855. The van der Waals surface area contributed by atoms with E-state index in [1.807, 2.05) is 32.6 Å². The van der Waals surface area contributed by atoms with Crippen molar-refractivity contribution in [2.75, 3.05) is 50.9 Å². The lowest BCUT2D eigenvalue weighted by Crippen LogP contribution is -2.65. The molecule has 3 aromatic heterocycles. The molecule has 0 N–H and O–H groups in total. The minimum Gasteiger partial charge on any atom is -0.472 e. The number of ether oxygens (including phenoxy) is 4. The highest BCUT2D eigenvalue weighted by Gasteiger charge is 2.54. The summed E-state index contributed by atoms with van der Waals surface area (Å²) >= 11 is 5.85. The third kappa shape index (κ3) is 5.99. The van der Waals surface area contributed by atoms with Gasteiger partial charge in [-0.05, 0) is 59.4 Å². The van der Waals surface area contributed by atoms with Crippen LogP contribution in [0.1, 0.15) is 53.4 Å². The van der Waals surface area contributed by atoms with Gasteiger partial charge in [0.05, 0.1) is 37.9 Å². The lowest BCUT2D eigenvalue weighted by molar-refractivity contribution is 0.000940. The molecule has 0 aromatic carbocycles. The van der Waals surface area contributed by atoms with E-state index in [4.69, 9.17) is 35.5 Å². The number of anilines is 1. The molecule has 1 amide bonds. The molecule has 0 spiro atoms. The zero-order chi connectivity index (χ0) is 34.2. The van der Waals surface area contributed by atoms with Gasteiger partial charge in [0.1, 0.15) is 34.1 Å². The number of rotatable bonds is 6. The first-order valence-electron chi connectivity index (χ1n) is 17.0. The van der Waals surface area contributed by atoms with Crippen molar-refractivity contribution in [1.29, 1.82) is 0 Å². The SMILES string of the molecule is C[C@@H]1Oc2nc(-c3cnc(Cl)c(F)c3)c(F)c3nc(OCC4(CN5CCOCC5)CC4)nc(c23)N2C[C@H]3CC[C@@H]([C@@H]12)N3C(=O)OC(C)(C)C. The number of piperazine rings is 1. The zero-order valence-electron chi connectivity index (χ0n) is 28.0. The molecule has 262 valence electrons. The van der Waals surface area contributed by atoms with Crippen LogP contribution < -0.4 is 14.4 Å². The van der Waals surface area contributed by atoms with Gasteiger partial charge in [0.2, 0.25) is 5.88 Å². The molecule has 49 heavy (non-hydrogen) atoms. The minimum atomic E-state index is -0.807. The number of hydrogen-bond acceptors (Lipinski definition) is 11. The van der Waals surface area contributed by atoms with Gasteiger partial charge in [-0.3, -0.25) is 9.80 Å². The Kier molecular flexibility index (Phi) is 7.99. The Morgan fingerprint density at radius 2 is 1.92 bits per heavy atom. The van der Waals surface area contributed by atoms with Crippen molar-refractivity contribution in [3.8, 4) is 23.1 Å². The fraction of sp³-hybridized carbons (Fsp3) is 0.618. The molecule has 15 heteroatoms. The number of aromatic nitrogens is 4. The predicted octanol–water partition coefficient (Wildman–Crippen LogP) is 5.25. The summed E-state index contributed by atoms with van der Waals surface area (Å²) < 4.78 is 55.5. The van der Waals surface area contributed by atoms with Crippen molar-refractivity contribution in [3.63, 3.8) is 0 Å². The molecule has 4 atom stereocenters. The number of amides is 1. The van der Waals surface area contributed by atoms with Crippen molar-refractivity contribution in [2.45, 2.75) is 83.2 Å². The Bertz CT molecular complexity index is 1800. The first-order chi connectivity index (χ1) is 23.4. The summed E-state index contributed by atoms with van der Waals surface area (Å²) in [7, 11) is 0. The van der Waals surface area contributed by atoms with Crippen LogP contribution in [-0.2, 0) is 9.47 Å².